The quantitative estimate of drug-likeness (QED) is 0.556. The summed E-state index contributed by atoms with van der Waals surface area (Å²) in [6, 6.07) is 10.8. The molecule has 0 aliphatic carbocycles. The van der Waals surface area contributed by atoms with Crippen LogP contribution in [0.1, 0.15) is 16.7 Å². The Balaban J connectivity index is 1.83. The summed E-state index contributed by atoms with van der Waals surface area (Å²) in [6.45, 7) is 3.87. The molecule has 0 unspecified atom stereocenters. The zero-order chi connectivity index (χ0) is 18.8. The molecular formula is C20H17NO5. The van der Waals surface area contributed by atoms with E-state index >= 15 is 0 Å². The summed E-state index contributed by atoms with van der Waals surface area (Å²) in [5.41, 5.74) is 2.50. The van der Waals surface area contributed by atoms with Crippen molar-refractivity contribution in [2.24, 2.45) is 0 Å². The van der Waals surface area contributed by atoms with Crippen molar-refractivity contribution in [1.82, 2.24) is 0 Å². The van der Waals surface area contributed by atoms with Gasteiger partial charge in [0.25, 0.3) is 5.91 Å². The minimum Gasteiger partial charge on any atom is -0.508 e. The molecule has 1 aromatic heterocycles. The number of aromatic hydroxyl groups is 1. The van der Waals surface area contributed by atoms with E-state index in [0.29, 0.717) is 16.6 Å². The van der Waals surface area contributed by atoms with Crippen LogP contribution >= 0.6 is 0 Å². The molecule has 0 bridgehead atoms. The number of hydrogen-bond donors (Lipinski definition) is 2. The predicted octanol–water partition coefficient (Wildman–Crippen LogP) is 2.87. The maximum Gasteiger partial charge on any atom is 0.336 e. The minimum atomic E-state index is -0.756. The number of amides is 1. The summed E-state index contributed by atoms with van der Waals surface area (Å²) in [7, 11) is 0. The third kappa shape index (κ3) is 3.64. The summed E-state index contributed by atoms with van der Waals surface area (Å²) < 4.78 is 5.02. The van der Waals surface area contributed by atoms with Gasteiger partial charge in [-0.1, -0.05) is 6.07 Å². The van der Waals surface area contributed by atoms with Gasteiger partial charge in [0.2, 0.25) is 5.78 Å². The third-order valence-electron chi connectivity index (χ3n) is 4.18. The van der Waals surface area contributed by atoms with E-state index in [9.17, 15) is 19.5 Å². The van der Waals surface area contributed by atoms with Gasteiger partial charge in [-0.15, -0.1) is 0 Å². The minimum absolute atomic E-state index is 0.0587. The van der Waals surface area contributed by atoms with Gasteiger partial charge in [-0.2, -0.15) is 0 Å². The van der Waals surface area contributed by atoms with E-state index in [1.807, 2.05) is 19.9 Å². The number of hydrogen-bond acceptors (Lipinski definition) is 5. The fourth-order valence-corrected chi connectivity index (χ4v) is 2.64. The van der Waals surface area contributed by atoms with Crippen LogP contribution < -0.4 is 10.9 Å². The molecule has 0 radical (unpaired) electrons. The Morgan fingerprint density at radius 3 is 2.54 bits per heavy atom. The van der Waals surface area contributed by atoms with Crippen LogP contribution in [0.4, 0.5) is 5.69 Å². The van der Waals surface area contributed by atoms with E-state index in [4.69, 9.17) is 4.42 Å². The molecular weight excluding hydrogens is 334 g/mol. The van der Waals surface area contributed by atoms with Crippen LogP contribution in [0.25, 0.3) is 11.0 Å². The summed E-state index contributed by atoms with van der Waals surface area (Å²) in [5, 5.41) is 12.6. The van der Waals surface area contributed by atoms with Crippen molar-refractivity contribution >= 4 is 28.3 Å². The highest BCUT2D eigenvalue weighted by Crippen LogP contribution is 2.22. The lowest BCUT2D eigenvalue weighted by Gasteiger charge is -2.08. The van der Waals surface area contributed by atoms with Crippen molar-refractivity contribution in [2.75, 3.05) is 5.32 Å². The van der Waals surface area contributed by atoms with Crippen LogP contribution in [0, 0.1) is 13.8 Å². The largest absolute Gasteiger partial charge is 0.508 e. The number of aryl methyl sites for hydroxylation is 2. The van der Waals surface area contributed by atoms with Gasteiger partial charge in [-0.25, -0.2) is 4.79 Å². The molecule has 0 aliphatic rings. The number of nitrogens with one attached hydrogen (secondary N) is 1. The number of benzene rings is 2. The van der Waals surface area contributed by atoms with Crippen molar-refractivity contribution < 1.29 is 19.1 Å². The molecule has 2 aromatic carbocycles. The zero-order valence-electron chi connectivity index (χ0n) is 14.3. The number of carbonyl (C=O) groups excluding carboxylic acids is 2. The molecule has 0 atom stereocenters. The number of rotatable bonds is 4. The summed E-state index contributed by atoms with van der Waals surface area (Å²) >= 11 is 0. The second-order valence-electron chi connectivity index (χ2n) is 6.12. The SMILES string of the molecule is Cc1ccc(NC(=O)C(=O)Cc2cc(=O)oc3cc(O)ccc23)cc1C. The average molecular weight is 351 g/mol. The van der Waals surface area contributed by atoms with Gasteiger partial charge in [-0.3, -0.25) is 9.59 Å². The average Bonchev–Trinajstić information content (AvgIpc) is 2.57. The molecule has 26 heavy (non-hydrogen) atoms. The standard InChI is InChI=1S/C20H17NO5/c1-11-3-4-14(7-12(11)2)21-20(25)17(23)8-13-9-19(24)26-18-10-15(22)5-6-16(13)18/h3-7,9-10,22H,8H2,1-2H3,(H,21,25). The molecule has 2 N–H and O–H groups in total. The monoisotopic (exact) mass is 351 g/mol. The molecule has 1 heterocycles. The predicted molar refractivity (Wildman–Crippen MR) is 97.4 cm³/mol. The Labute approximate surface area is 149 Å². The molecule has 0 spiro atoms. The molecule has 132 valence electrons. The fraction of sp³-hybridized carbons (Fsp3) is 0.150. The van der Waals surface area contributed by atoms with E-state index < -0.39 is 17.3 Å². The van der Waals surface area contributed by atoms with E-state index in [1.165, 1.54) is 24.3 Å². The van der Waals surface area contributed by atoms with Crippen LogP contribution in [0.5, 0.6) is 5.75 Å². The molecule has 3 aromatic rings. The Hall–Kier alpha value is -3.41. The molecule has 0 aliphatic heterocycles. The van der Waals surface area contributed by atoms with Crippen molar-refractivity contribution in [3.8, 4) is 5.75 Å². The normalized spacial score (nSPS) is 10.7. The first-order valence-corrected chi connectivity index (χ1v) is 8.00. The van der Waals surface area contributed by atoms with Crippen molar-refractivity contribution in [3.05, 3.63) is 69.6 Å². The smallest absolute Gasteiger partial charge is 0.336 e. The van der Waals surface area contributed by atoms with Crippen molar-refractivity contribution in [1.29, 1.82) is 0 Å². The Kier molecular flexibility index (Phi) is 4.58. The molecule has 6 nitrogen and oxygen atoms in total. The number of carbonyl (C=O) groups is 2. The maximum atomic E-state index is 12.3. The lowest BCUT2D eigenvalue weighted by molar-refractivity contribution is -0.134. The summed E-state index contributed by atoms with van der Waals surface area (Å²) in [5.74, 6) is -1.49. The van der Waals surface area contributed by atoms with Gasteiger partial charge in [0, 0.05) is 29.6 Å². The number of fused-ring (bicyclic) bond motifs is 1. The number of Topliss-reactive ketones (excluding diaryl/α,β-unsaturated/α-hetero) is 1. The van der Waals surface area contributed by atoms with Crippen molar-refractivity contribution in [2.45, 2.75) is 20.3 Å². The fourth-order valence-electron chi connectivity index (χ4n) is 2.64. The van der Waals surface area contributed by atoms with E-state index in [-0.39, 0.29) is 17.8 Å². The van der Waals surface area contributed by atoms with E-state index in [2.05, 4.69) is 5.32 Å². The first kappa shape index (κ1) is 17.4. The highest BCUT2D eigenvalue weighted by Gasteiger charge is 2.17. The van der Waals surface area contributed by atoms with Crippen LogP contribution in [0.15, 0.2) is 51.7 Å². The maximum absolute atomic E-state index is 12.3. The third-order valence-corrected chi connectivity index (χ3v) is 4.18. The topological polar surface area (TPSA) is 96.6 Å². The zero-order valence-corrected chi connectivity index (χ0v) is 14.3. The number of anilines is 1. The summed E-state index contributed by atoms with van der Waals surface area (Å²) in [4.78, 5) is 36.1. The van der Waals surface area contributed by atoms with Crippen LogP contribution in [0.2, 0.25) is 0 Å². The Morgan fingerprint density at radius 1 is 1.04 bits per heavy atom. The first-order valence-electron chi connectivity index (χ1n) is 8.00. The molecule has 0 saturated carbocycles. The Bertz CT molecular complexity index is 1080. The van der Waals surface area contributed by atoms with Gasteiger partial charge in [-0.05, 0) is 54.8 Å². The number of phenols is 1. The lowest BCUT2D eigenvalue weighted by atomic mass is 10.0. The molecule has 0 fully saturated rings. The summed E-state index contributed by atoms with van der Waals surface area (Å²) in [6.07, 6.45) is -0.246. The second-order valence-corrected chi connectivity index (χ2v) is 6.12. The molecule has 1 amide bonds. The van der Waals surface area contributed by atoms with Crippen LogP contribution in [-0.2, 0) is 16.0 Å². The van der Waals surface area contributed by atoms with Crippen LogP contribution in [-0.4, -0.2) is 16.8 Å². The van der Waals surface area contributed by atoms with Gasteiger partial charge in [0.05, 0.1) is 0 Å². The van der Waals surface area contributed by atoms with Crippen LogP contribution in [0.3, 0.4) is 0 Å². The highest BCUT2D eigenvalue weighted by molar-refractivity contribution is 6.41. The van der Waals surface area contributed by atoms with Gasteiger partial charge >= 0.3 is 5.63 Å². The van der Waals surface area contributed by atoms with E-state index in [0.717, 1.165) is 11.1 Å². The molecule has 0 saturated heterocycles. The number of phenolic OH excluding ortho intramolecular Hbond substituents is 1. The number of ketones is 1. The van der Waals surface area contributed by atoms with Crippen molar-refractivity contribution in [3.63, 3.8) is 0 Å². The van der Waals surface area contributed by atoms with Gasteiger partial charge < -0.3 is 14.8 Å². The van der Waals surface area contributed by atoms with Gasteiger partial charge in [0.15, 0.2) is 0 Å². The second kappa shape index (κ2) is 6.84. The van der Waals surface area contributed by atoms with E-state index in [1.54, 1.807) is 12.1 Å². The van der Waals surface area contributed by atoms with Gasteiger partial charge in [0.1, 0.15) is 11.3 Å². The lowest BCUT2D eigenvalue weighted by Crippen LogP contribution is -2.25. The Morgan fingerprint density at radius 2 is 1.81 bits per heavy atom. The first-order chi connectivity index (χ1) is 12.3. The highest BCUT2D eigenvalue weighted by atomic mass is 16.4. The molecule has 6 heteroatoms. The molecule has 3 rings (SSSR count).